The molecular weight excluding hydrogens is 245 g/mol. The Hall–Kier alpha value is 0.490. The van der Waals surface area contributed by atoms with Crippen molar-refractivity contribution in [1.29, 1.82) is 0 Å². The predicted octanol–water partition coefficient (Wildman–Crippen LogP) is 3.06. The first-order valence-electron chi connectivity index (χ1n) is 2.79. The van der Waals surface area contributed by atoms with Crippen LogP contribution in [0.25, 0.3) is 0 Å². The Morgan fingerprint density at radius 1 is 1.78 bits per heavy atom. The van der Waals surface area contributed by atoms with Gasteiger partial charge >= 0.3 is 0 Å². The highest BCUT2D eigenvalue weighted by atomic mass is 127. The largest absolute Gasteiger partial charge is 0.292 e. The van der Waals surface area contributed by atoms with E-state index in [9.17, 15) is 0 Å². The van der Waals surface area contributed by atoms with Gasteiger partial charge in [0.15, 0.2) is 0 Å². The number of aliphatic imine (C=N–C) groups is 1. The Morgan fingerprint density at radius 3 is 2.78 bits per heavy atom. The molecule has 0 aliphatic carbocycles. The zero-order chi connectivity index (χ0) is 7.11. The third-order valence-electron chi connectivity index (χ3n) is 0.775. The summed E-state index contributed by atoms with van der Waals surface area (Å²) >= 11 is 2.25. The Balaban J connectivity index is 3.70. The van der Waals surface area contributed by atoms with Gasteiger partial charge in [-0.25, -0.2) is 0 Å². The standard InChI is InChI=1S/C6H10INS/c1-3-6(9-7)5-8-4-2/h3,5H,4H2,1-2H3/b6-3+,8-5?. The van der Waals surface area contributed by atoms with Crippen LogP contribution < -0.4 is 0 Å². The first kappa shape index (κ1) is 9.49. The van der Waals surface area contributed by atoms with E-state index in [2.05, 4.69) is 32.3 Å². The molecule has 0 fully saturated rings. The molecule has 0 aromatic rings. The van der Waals surface area contributed by atoms with Gasteiger partial charge in [0, 0.05) is 38.9 Å². The molecule has 0 heterocycles. The number of nitrogens with zero attached hydrogens (tertiary/aromatic N) is 1. The van der Waals surface area contributed by atoms with E-state index in [1.54, 1.807) is 8.93 Å². The maximum absolute atomic E-state index is 4.09. The Labute approximate surface area is 72.6 Å². The summed E-state index contributed by atoms with van der Waals surface area (Å²) in [5.41, 5.74) is 0. The number of hydrogen-bond acceptors (Lipinski definition) is 2. The highest BCUT2D eigenvalue weighted by molar-refractivity contribution is 14.2. The van der Waals surface area contributed by atoms with Crippen LogP contribution in [0, 0.1) is 0 Å². The zero-order valence-electron chi connectivity index (χ0n) is 5.60. The Morgan fingerprint density at radius 2 is 2.44 bits per heavy atom. The molecule has 9 heavy (non-hydrogen) atoms. The van der Waals surface area contributed by atoms with Gasteiger partial charge in [-0.2, -0.15) is 0 Å². The van der Waals surface area contributed by atoms with Gasteiger partial charge in [0.05, 0.1) is 0 Å². The highest BCUT2D eigenvalue weighted by Crippen LogP contribution is 2.20. The van der Waals surface area contributed by atoms with Crippen LogP contribution in [0.1, 0.15) is 13.8 Å². The number of halogens is 1. The van der Waals surface area contributed by atoms with Gasteiger partial charge in [0.1, 0.15) is 0 Å². The molecule has 0 N–H and O–H groups in total. The van der Waals surface area contributed by atoms with Gasteiger partial charge in [-0.3, -0.25) is 4.99 Å². The molecule has 0 radical (unpaired) electrons. The maximum Gasteiger partial charge on any atom is 0.0361 e. The molecule has 0 aromatic carbocycles. The minimum Gasteiger partial charge on any atom is -0.292 e. The topological polar surface area (TPSA) is 12.4 Å². The van der Waals surface area contributed by atoms with Gasteiger partial charge in [0.25, 0.3) is 0 Å². The SMILES string of the molecule is C/C=C(\C=NCC)SI. The molecular formula is C6H10INS. The molecule has 0 aliphatic rings. The monoisotopic (exact) mass is 255 g/mol. The molecule has 0 amide bonds. The third kappa shape index (κ3) is 4.96. The van der Waals surface area contributed by atoms with Gasteiger partial charge in [-0.15, -0.1) is 0 Å². The third-order valence-corrected chi connectivity index (χ3v) is 2.82. The first-order chi connectivity index (χ1) is 4.35. The van der Waals surface area contributed by atoms with Gasteiger partial charge in [-0.1, -0.05) is 15.0 Å². The molecule has 1 nitrogen and oxygen atoms in total. The van der Waals surface area contributed by atoms with E-state index >= 15 is 0 Å². The Bertz CT molecular complexity index is 120. The van der Waals surface area contributed by atoms with E-state index in [0.29, 0.717) is 0 Å². The summed E-state index contributed by atoms with van der Waals surface area (Å²) in [5.74, 6) is 0. The second-order valence-corrected chi connectivity index (χ2v) is 3.34. The average Bonchev–Trinajstić information content (AvgIpc) is 1.91. The summed E-state index contributed by atoms with van der Waals surface area (Å²) in [6.45, 7) is 4.92. The van der Waals surface area contributed by atoms with Crippen molar-refractivity contribution >= 4 is 36.4 Å². The van der Waals surface area contributed by atoms with Crippen molar-refractivity contribution in [2.45, 2.75) is 13.8 Å². The summed E-state index contributed by atoms with van der Waals surface area (Å²) in [4.78, 5) is 5.31. The summed E-state index contributed by atoms with van der Waals surface area (Å²) in [7, 11) is 1.69. The van der Waals surface area contributed by atoms with Crippen LogP contribution in [0.3, 0.4) is 0 Å². The van der Waals surface area contributed by atoms with Crippen LogP contribution in [-0.2, 0) is 0 Å². The minimum absolute atomic E-state index is 0.870. The lowest BCUT2D eigenvalue weighted by Gasteiger charge is -1.88. The lowest BCUT2D eigenvalue weighted by atomic mass is 10.5. The Kier molecular flexibility index (Phi) is 6.97. The number of allylic oxidation sites excluding steroid dienone is 2. The molecule has 52 valence electrons. The fourth-order valence-corrected chi connectivity index (χ4v) is 1.63. The summed E-state index contributed by atoms with van der Waals surface area (Å²) < 4.78 is 0. The molecule has 3 heteroatoms. The van der Waals surface area contributed by atoms with Crippen LogP contribution in [0.2, 0.25) is 0 Å². The van der Waals surface area contributed by atoms with Crippen molar-refractivity contribution in [3.63, 3.8) is 0 Å². The van der Waals surface area contributed by atoms with Crippen molar-refractivity contribution < 1.29 is 0 Å². The molecule has 0 atom stereocenters. The summed E-state index contributed by atoms with van der Waals surface area (Å²) in [6, 6.07) is 0. The second-order valence-electron chi connectivity index (χ2n) is 1.40. The van der Waals surface area contributed by atoms with Gasteiger partial charge < -0.3 is 0 Å². The normalized spacial score (nSPS) is 13.0. The fraction of sp³-hybridized carbons (Fsp3) is 0.500. The van der Waals surface area contributed by atoms with Crippen molar-refractivity contribution in [1.82, 2.24) is 0 Å². The fourth-order valence-electron chi connectivity index (χ4n) is 0.320. The van der Waals surface area contributed by atoms with Crippen molar-refractivity contribution in [3.8, 4) is 0 Å². The van der Waals surface area contributed by atoms with Crippen LogP contribution in [0.5, 0.6) is 0 Å². The average molecular weight is 255 g/mol. The van der Waals surface area contributed by atoms with Crippen molar-refractivity contribution in [2.24, 2.45) is 4.99 Å². The molecule has 0 aromatic heterocycles. The van der Waals surface area contributed by atoms with E-state index < -0.39 is 0 Å². The maximum atomic E-state index is 4.09. The van der Waals surface area contributed by atoms with Crippen molar-refractivity contribution in [2.75, 3.05) is 6.54 Å². The van der Waals surface area contributed by atoms with E-state index in [-0.39, 0.29) is 0 Å². The second kappa shape index (κ2) is 6.61. The number of hydrogen-bond donors (Lipinski definition) is 0. The molecule has 0 rings (SSSR count). The first-order valence-corrected chi connectivity index (χ1v) is 6.15. The molecule has 0 spiro atoms. The van der Waals surface area contributed by atoms with E-state index in [1.807, 2.05) is 20.1 Å². The van der Waals surface area contributed by atoms with E-state index in [1.165, 1.54) is 4.91 Å². The van der Waals surface area contributed by atoms with Gasteiger partial charge in [0.2, 0.25) is 0 Å². The predicted molar refractivity (Wildman–Crippen MR) is 54.4 cm³/mol. The molecule has 0 saturated heterocycles. The summed E-state index contributed by atoms with van der Waals surface area (Å²) in [6.07, 6.45) is 3.95. The molecule has 0 saturated carbocycles. The van der Waals surface area contributed by atoms with Crippen LogP contribution in [-0.4, -0.2) is 12.8 Å². The lowest BCUT2D eigenvalue weighted by Crippen LogP contribution is -1.75. The number of rotatable bonds is 3. The van der Waals surface area contributed by atoms with E-state index in [4.69, 9.17) is 0 Å². The smallest absolute Gasteiger partial charge is 0.0361 e. The van der Waals surface area contributed by atoms with Gasteiger partial charge in [-0.05, 0) is 13.8 Å². The van der Waals surface area contributed by atoms with Crippen LogP contribution >= 0.6 is 30.1 Å². The summed E-state index contributed by atoms with van der Waals surface area (Å²) in [5, 5.41) is 0. The molecule has 0 unspecified atom stereocenters. The van der Waals surface area contributed by atoms with Crippen LogP contribution in [0.15, 0.2) is 16.0 Å². The van der Waals surface area contributed by atoms with E-state index in [0.717, 1.165) is 6.54 Å². The minimum atomic E-state index is 0.870. The lowest BCUT2D eigenvalue weighted by molar-refractivity contribution is 1.14. The van der Waals surface area contributed by atoms with Crippen molar-refractivity contribution in [3.05, 3.63) is 11.0 Å². The molecule has 0 aliphatic heterocycles. The molecule has 0 bridgehead atoms. The van der Waals surface area contributed by atoms with Crippen LogP contribution in [0.4, 0.5) is 0 Å². The highest BCUT2D eigenvalue weighted by Gasteiger charge is 1.84. The quantitative estimate of drug-likeness (QED) is 0.557. The zero-order valence-corrected chi connectivity index (χ0v) is 8.57.